The lowest BCUT2D eigenvalue weighted by Crippen LogP contribution is -2.29. The predicted molar refractivity (Wildman–Crippen MR) is 109 cm³/mol. The lowest BCUT2D eigenvalue weighted by molar-refractivity contribution is 0.0941. The minimum Gasteiger partial charge on any atom is -0.497 e. The zero-order valence-corrected chi connectivity index (χ0v) is 16.2. The van der Waals surface area contributed by atoms with Crippen molar-refractivity contribution < 1.29 is 19.0 Å². The van der Waals surface area contributed by atoms with E-state index in [2.05, 4.69) is 20.8 Å². The molecule has 1 heterocycles. The van der Waals surface area contributed by atoms with Crippen molar-refractivity contribution in [1.82, 2.24) is 15.5 Å². The van der Waals surface area contributed by atoms with Gasteiger partial charge in [-0.05, 0) is 60.7 Å². The number of methoxy groups -OCH3 is 2. The molecule has 0 aliphatic carbocycles. The number of anilines is 2. The van der Waals surface area contributed by atoms with E-state index in [4.69, 9.17) is 14.2 Å². The Bertz CT molecular complexity index is 913. The summed E-state index contributed by atoms with van der Waals surface area (Å²) in [5, 5.41) is 13.9. The van der Waals surface area contributed by atoms with Crippen molar-refractivity contribution >= 4 is 17.4 Å². The average molecular weight is 394 g/mol. The number of nitrogens with zero attached hydrogens (tertiary/aromatic N) is 2. The topological polar surface area (TPSA) is 94.6 Å². The smallest absolute Gasteiger partial charge is 0.271 e. The largest absolute Gasteiger partial charge is 0.497 e. The molecule has 0 radical (unpaired) electrons. The van der Waals surface area contributed by atoms with Crippen LogP contribution in [0.3, 0.4) is 0 Å². The molecule has 3 rings (SSSR count). The van der Waals surface area contributed by atoms with E-state index in [-0.39, 0.29) is 11.6 Å². The zero-order chi connectivity index (χ0) is 20.5. The van der Waals surface area contributed by atoms with E-state index >= 15 is 0 Å². The van der Waals surface area contributed by atoms with Gasteiger partial charge in [0, 0.05) is 5.69 Å². The number of ether oxygens (including phenoxy) is 3. The SMILES string of the molecule is COc1ccc(Nc2ccc(C(=O)NCCOc3ccc(OC)cc3)nn2)cc1. The summed E-state index contributed by atoms with van der Waals surface area (Å²) in [7, 11) is 3.22. The van der Waals surface area contributed by atoms with Crippen LogP contribution in [0, 0.1) is 0 Å². The van der Waals surface area contributed by atoms with Gasteiger partial charge in [-0.25, -0.2) is 0 Å². The molecular weight excluding hydrogens is 372 g/mol. The standard InChI is InChI=1S/C21H22N4O4/c1-27-16-5-3-15(4-6-16)23-20-12-11-19(24-25-20)21(26)22-13-14-29-18-9-7-17(28-2)8-10-18/h3-12H,13-14H2,1-2H3,(H,22,26)(H,23,25). The second kappa shape index (κ2) is 9.93. The van der Waals surface area contributed by atoms with Crippen molar-refractivity contribution in [3.63, 3.8) is 0 Å². The summed E-state index contributed by atoms with van der Waals surface area (Å²) in [5.74, 6) is 2.45. The van der Waals surface area contributed by atoms with Crippen molar-refractivity contribution in [3.05, 3.63) is 66.4 Å². The molecule has 0 fully saturated rings. The number of rotatable bonds is 9. The number of hydrogen-bond acceptors (Lipinski definition) is 7. The summed E-state index contributed by atoms with van der Waals surface area (Å²) in [6.07, 6.45) is 0. The highest BCUT2D eigenvalue weighted by Gasteiger charge is 2.08. The lowest BCUT2D eigenvalue weighted by Gasteiger charge is -2.09. The van der Waals surface area contributed by atoms with E-state index in [1.165, 1.54) is 0 Å². The number of aromatic nitrogens is 2. The van der Waals surface area contributed by atoms with E-state index in [1.807, 2.05) is 36.4 Å². The van der Waals surface area contributed by atoms with Crippen LogP contribution in [0.2, 0.25) is 0 Å². The maximum atomic E-state index is 12.2. The Balaban J connectivity index is 1.44. The Morgan fingerprint density at radius 3 is 2.03 bits per heavy atom. The molecule has 29 heavy (non-hydrogen) atoms. The number of amides is 1. The van der Waals surface area contributed by atoms with E-state index in [0.717, 1.165) is 17.2 Å². The molecule has 0 bridgehead atoms. The molecule has 1 amide bonds. The Morgan fingerprint density at radius 1 is 0.828 bits per heavy atom. The van der Waals surface area contributed by atoms with Gasteiger partial charge >= 0.3 is 0 Å². The molecule has 0 aliphatic rings. The van der Waals surface area contributed by atoms with Crippen LogP contribution in [0.15, 0.2) is 60.7 Å². The minimum absolute atomic E-state index is 0.231. The van der Waals surface area contributed by atoms with Crippen molar-refractivity contribution in [2.45, 2.75) is 0 Å². The first-order chi connectivity index (χ1) is 14.2. The molecule has 2 aromatic carbocycles. The Kier molecular flexibility index (Phi) is 6.83. The van der Waals surface area contributed by atoms with E-state index < -0.39 is 0 Å². The molecule has 2 N–H and O–H groups in total. The van der Waals surface area contributed by atoms with Crippen LogP contribution in [-0.4, -0.2) is 43.5 Å². The van der Waals surface area contributed by atoms with Crippen molar-refractivity contribution in [2.75, 3.05) is 32.7 Å². The summed E-state index contributed by atoms with van der Waals surface area (Å²) in [6, 6.07) is 17.9. The molecule has 0 atom stereocenters. The summed E-state index contributed by atoms with van der Waals surface area (Å²) >= 11 is 0. The van der Waals surface area contributed by atoms with Crippen molar-refractivity contribution in [3.8, 4) is 17.2 Å². The van der Waals surface area contributed by atoms with Gasteiger partial charge in [-0.15, -0.1) is 10.2 Å². The summed E-state index contributed by atoms with van der Waals surface area (Å²) in [6.45, 7) is 0.682. The van der Waals surface area contributed by atoms with Crippen LogP contribution in [0.25, 0.3) is 0 Å². The van der Waals surface area contributed by atoms with Gasteiger partial charge in [0.25, 0.3) is 5.91 Å². The third-order valence-corrected chi connectivity index (χ3v) is 3.98. The van der Waals surface area contributed by atoms with Crippen LogP contribution in [-0.2, 0) is 0 Å². The second-order valence-electron chi connectivity index (χ2n) is 5.94. The molecule has 0 spiro atoms. The monoisotopic (exact) mass is 394 g/mol. The van der Waals surface area contributed by atoms with Gasteiger partial charge < -0.3 is 24.8 Å². The second-order valence-corrected chi connectivity index (χ2v) is 5.94. The average Bonchev–Trinajstić information content (AvgIpc) is 2.78. The number of hydrogen-bond donors (Lipinski definition) is 2. The third kappa shape index (κ3) is 5.83. The molecule has 0 saturated heterocycles. The molecule has 0 aliphatic heterocycles. The first-order valence-corrected chi connectivity index (χ1v) is 8.98. The molecule has 0 saturated carbocycles. The van der Waals surface area contributed by atoms with E-state index in [9.17, 15) is 4.79 Å². The molecule has 150 valence electrons. The third-order valence-electron chi connectivity index (χ3n) is 3.98. The number of carbonyl (C=O) groups excluding carboxylic acids is 1. The van der Waals surface area contributed by atoms with Gasteiger partial charge in [0.05, 0.1) is 20.8 Å². The van der Waals surface area contributed by atoms with Gasteiger partial charge in [-0.3, -0.25) is 4.79 Å². The number of nitrogens with one attached hydrogen (secondary N) is 2. The van der Waals surface area contributed by atoms with Gasteiger partial charge in [0.1, 0.15) is 23.9 Å². The van der Waals surface area contributed by atoms with Gasteiger partial charge in [-0.1, -0.05) is 0 Å². The highest BCUT2D eigenvalue weighted by molar-refractivity contribution is 5.92. The van der Waals surface area contributed by atoms with Gasteiger partial charge in [-0.2, -0.15) is 0 Å². The molecule has 3 aromatic rings. The Hall–Kier alpha value is -3.81. The Morgan fingerprint density at radius 2 is 1.45 bits per heavy atom. The predicted octanol–water partition coefficient (Wildman–Crippen LogP) is 3.05. The van der Waals surface area contributed by atoms with Crippen LogP contribution >= 0.6 is 0 Å². The maximum absolute atomic E-state index is 12.2. The van der Waals surface area contributed by atoms with Crippen LogP contribution in [0.5, 0.6) is 17.2 Å². The maximum Gasteiger partial charge on any atom is 0.271 e. The van der Waals surface area contributed by atoms with Gasteiger partial charge in [0.2, 0.25) is 0 Å². The Labute approximate surface area is 168 Å². The normalized spacial score (nSPS) is 10.1. The fourth-order valence-corrected chi connectivity index (χ4v) is 2.44. The van der Waals surface area contributed by atoms with E-state index in [1.54, 1.807) is 38.5 Å². The minimum atomic E-state index is -0.313. The molecule has 8 nitrogen and oxygen atoms in total. The van der Waals surface area contributed by atoms with Crippen molar-refractivity contribution in [2.24, 2.45) is 0 Å². The lowest BCUT2D eigenvalue weighted by atomic mass is 10.3. The van der Waals surface area contributed by atoms with Crippen LogP contribution < -0.4 is 24.8 Å². The molecular formula is C21H22N4O4. The zero-order valence-electron chi connectivity index (χ0n) is 16.2. The van der Waals surface area contributed by atoms with Crippen LogP contribution in [0.1, 0.15) is 10.5 Å². The molecule has 1 aromatic heterocycles. The van der Waals surface area contributed by atoms with Gasteiger partial charge in [0.15, 0.2) is 11.5 Å². The number of benzene rings is 2. The first-order valence-electron chi connectivity index (χ1n) is 8.98. The van der Waals surface area contributed by atoms with E-state index in [0.29, 0.717) is 24.7 Å². The summed E-state index contributed by atoms with van der Waals surface area (Å²) in [4.78, 5) is 12.2. The highest BCUT2D eigenvalue weighted by atomic mass is 16.5. The van der Waals surface area contributed by atoms with Crippen LogP contribution in [0.4, 0.5) is 11.5 Å². The van der Waals surface area contributed by atoms with Crippen molar-refractivity contribution in [1.29, 1.82) is 0 Å². The summed E-state index contributed by atoms with van der Waals surface area (Å²) in [5.41, 5.74) is 1.07. The first kappa shape index (κ1) is 19.9. The fraction of sp³-hybridized carbons (Fsp3) is 0.190. The summed E-state index contributed by atoms with van der Waals surface area (Å²) < 4.78 is 15.8. The molecule has 8 heteroatoms. The number of carbonyl (C=O) groups is 1. The quantitative estimate of drug-likeness (QED) is 0.539. The highest BCUT2D eigenvalue weighted by Crippen LogP contribution is 2.18. The fourth-order valence-electron chi connectivity index (χ4n) is 2.44. The molecule has 0 unspecified atom stereocenters.